The van der Waals surface area contributed by atoms with Crippen LogP contribution in [0.15, 0.2) is 133 Å². The van der Waals surface area contributed by atoms with E-state index in [1.165, 1.54) is 0 Å². The van der Waals surface area contributed by atoms with Gasteiger partial charge in [0.1, 0.15) is 22.6 Å². The molecule has 0 atom stereocenters. The van der Waals surface area contributed by atoms with Crippen molar-refractivity contribution < 1.29 is 10.2 Å². The Balaban J connectivity index is 1.40. The van der Waals surface area contributed by atoms with Gasteiger partial charge in [0.15, 0.2) is 34.8 Å². The van der Waals surface area contributed by atoms with Crippen molar-refractivity contribution in [2.24, 2.45) is 0 Å². The molecule has 2 aliphatic rings. The van der Waals surface area contributed by atoms with Crippen molar-refractivity contribution >= 4 is 44.1 Å². The minimum atomic E-state index is -0.274. The minimum absolute atomic E-state index is 0.274. The molecule has 54 heavy (non-hydrogen) atoms. The molecule has 10 nitrogen and oxygen atoms in total. The van der Waals surface area contributed by atoms with Crippen LogP contribution in [0.4, 0.5) is 0 Å². The Morgan fingerprint density at radius 3 is 1.04 bits per heavy atom. The highest BCUT2D eigenvalue weighted by molar-refractivity contribution is 6.21. The fourth-order valence-corrected chi connectivity index (χ4v) is 7.65. The maximum absolute atomic E-state index is 11.9. The van der Waals surface area contributed by atoms with Gasteiger partial charge in [-0.25, -0.2) is 29.9 Å². The molecule has 9 aromatic rings. The standard InChI is InChI=1S/C44H26N8O2/c53-35-31(23-13-3-1-4-14-23)33-34(32(36(35)54)24-15-5-2-6-16-24)44-51-42-30-22-12-10-20-28(30)40(49-42)47-38-26-18-8-7-17-25(26)37(45-38)46-39-27-19-9-11-21-29(27)41(48-39)50-43(33)52-44/h1-22,53-54H,(H2,45,46,47,48,49,50,51,52). The molecule has 254 valence electrons. The Morgan fingerprint density at radius 1 is 0.333 bits per heavy atom. The zero-order valence-corrected chi connectivity index (χ0v) is 28.3. The molecule has 0 radical (unpaired) electrons. The lowest BCUT2D eigenvalue weighted by atomic mass is 9.92. The van der Waals surface area contributed by atoms with Crippen LogP contribution in [0.3, 0.4) is 0 Å². The Kier molecular flexibility index (Phi) is 6.32. The molecular weight excluding hydrogens is 673 g/mol. The van der Waals surface area contributed by atoms with Crippen molar-refractivity contribution in [1.29, 1.82) is 0 Å². The average molecular weight is 699 g/mol. The van der Waals surface area contributed by atoms with Crippen molar-refractivity contribution in [3.63, 3.8) is 0 Å². The van der Waals surface area contributed by atoms with Gasteiger partial charge in [0.2, 0.25) is 0 Å². The number of phenolic OH excluding ortho intramolecular Hbond substituents is 2. The van der Waals surface area contributed by atoms with Gasteiger partial charge in [-0.2, -0.15) is 0 Å². The molecule has 2 aliphatic heterocycles. The molecule has 11 rings (SSSR count). The topological polar surface area (TPSA) is 149 Å². The number of hydrogen-bond donors (Lipinski definition) is 4. The van der Waals surface area contributed by atoms with Gasteiger partial charge in [-0.3, -0.25) is 0 Å². The van der Waals surface area contributed by atoms with Crippen LogP contribution < -0.4 is 0 Å². The molecule has 4 N–H and O–H groups in total. The molecule has 3 aromatic heterocycles. The minimum Gasteiger partial charge on any atom is -0.504 e. The molecule has 0 amide bonds. The SMILES string of the molecule is Oc1c(O)c(-c2ccccc2)c2c3nc4nc(nc5[nH]c(nc6nc(nc([nH]3)c2c1-c1ccccc1)-c1ccccc1-6)c1ccccc51)-c1ccccc1-4. The van der Waals surface area contributed by atoms with E-state index in [4.69, 9.17) is 29.9 Å². The fourth-order valence-electron chi connectivity index (χ4n) is 7.65. The second-order valence-corrected chi connectivity index (χ2v) is 13.2. The first-order valence-corrected chi connectivity index (χ1v) is 17.4. The molecule has 5 heterocycles. The van der Waals surface area contributed by atoms with E-state index >= 15 is 0 Å². The molecule has 0 saturated carbocycles. The zero-order chi connectivity index (χ0) is 35.9. The lowest BCUT2D eigenvalue weighted by Gasteiger charge is -2.14. The Hall–Kier alpha value is -7.72. The van der Waals surface area contributed by atoms with E-state index in [2.05, 4.69) is 9.97 Å². The normalized spacial score (nSPS) is 11.9. The second-order valence-electron chi connectivity index (χ2n) is 13.2. The van der Waals surface area contributed by atoms with E-state index in [1.807, 2.05) is 133 Å². The van der Waals surface area contributed by atoms with Crippen molar-refractivity contribution in [3.05, 3.63) is 133 Å². The molecule has 0 unspecified atom stereocenters. The highest BCUT2D eigenvalue weighted by Gasteiger charge is 2.28. The third kappa shape index (κ3) is 4.40. The highest BCUT2D eigenvalue weighted by atomic mass is 16.3. The first kappa shape index (κ1) is 30.0. The lowest BCUT2D eigenvalue weighted by Crippen LogP contribution is -1.89. The second kappa shape index (κ2) is 11.4. The molecule has 8 bridgehead atoms. The van der Waals surface area contributed by atoms with E-state index in [-0.39, 0.29) is 11.5 Å². The summed E-state index contributed by atoms with van der Waals surface area (Å²) in [6.07, 6.45) is 0. The number of benzene rings is 6. The monoisotopic (exact) mass is 698 g/mol. The maximum Gasteiger partial charge on any atom is 0.166 e. The smallest absolute Gasteiger partial charge is 0.166 e. The van der Waals surface area contributed by atoms with Crippen LogP contribution in [0.25, 0.3) is 112 Å². The van der Waals surface area contributed by atoms with Crippen LogP contribution in [-0.4, -0.2) is 50.1 Å². The van der Waals surface area contributed by atoms with E-state index < -0.39 is 0 Å². The van der Waals surface area contributed by atoms with E-state index in [9.17, 15) is 10.2 Å². The highest BCUT2D eigenvalue weighted by Crippen LogP contribution is 2.52. The first-order valence-electron chi connectivity index (χ1n) is 17.4. The summed E-state index contributed by atoms with van der Waals surface area (Å²) in [4.78, 5) is 37.6. The van der Waals surface area contributed by atoms with Crippen molar-refractivity contribution in [2.45, 2.75) is 0 Å². The summed E-state index contributed by atoms with van der Waals surface area (Å²) in [5, 5.41) is 26.8. The zero-order valence-electron chi connectivity index (χ0n) is 28.3. The molecular formula is C44H26N8O2. The van der Waals surface area contributed by atoms with Crippen molar-refractivity contribution in [1.82, 2.24) is 39.9 Å². The summed E-state index contributed by atoms with van der Waals surface area (Å²) < 4.78 is 0. The first-order chi connectivity index (χ1) is 26.6. The van der Waals surface area contributed by atoms with E-state index in [1.54, 1.807) is 0 Å². The van der Waals surface area contributed by atoms with Crippen LogP contribution in [0.2, 0.25) is 0 Å². The summed E-state index contributed by atoms with van der Waals surface area (Å²) in [7, 11) is 0. The number of fused-ring (bicyclic) bond motifs is 20. The lowest BCUT2D eigenvalue weighted by molar-refractivity contribution is 0.407. The molecule has 10 heteroatoms. The van der Waals surface area contributed by atoms with Crippen LogP contribution in [-0.2, 0) is 0 Å². The largest absolute Gasteiger partial charge is 0.504 e. The van der Waals surface area contributed by atoms with Gasteiger partial charge in [-0.05, 0) is 11.1 Å². The Labute approximate surface area is 306 Å². The van der Waals surface area contributed by atoms with Crippen molar-refractivity contribution in [3.8, 4) is 79.3 Å². The van der Waals surface area contributed by atoms with Gasteiger partial charge >= 0.3 is 0 Å². The molecule has 0 saturated heterocycles. The van der Waals surface area contributed by atoms with Gasteiger partial charge in [-0.15, -0.1) is 0 Å². The number of aromatic hydroxyl groups is 2. The Morgan fingerprint density at radius 2 is 0.648 bits per heavy atom. The molecule has 0 spiro atoms. The van der Waals surface area contributed by atoms with Gasteiger partial charge in [0.25, 0.3) is 0 Å². The number of hydrogen-bond acceptors (Lipinski definition) is 8. The van der Waals surface area contributed by atoms with E-state index in [0.717, 1.165) is 33.0 Å². The number of aromatic amines is 2. The van der Waals surface area contributed by atoms with Gasteiger partial charge in [0.05, 0.1) is 0 Å². The number of rotatable bonds is 2. The van der Waals surface area contributed by atoms with E-state index in [0.29, 0.717) is 78.9 Å². The number of phenols is 2. The predicted octanol–water partition coefficient (Wildman–Crippen LogP) is 9.61. The fraction of sp³-hybridized carbons (Fsp3) is 0. The molecule has 0 fully saturated rings. The number of aromatic nitrogens is 8. The van der Waals surface area contributed by atoms with Crippen LogP contribution in [0.5, 0.6) is 11.5 Å². The summed E-state index contributed by atoms with van der Waals surface area (Å²) >= 11 is 0. The number of nitrogens with one attached hydrogen (secondary N) is 2. The van der Waals surface area contributed by atoms with Crippen molar-refractivity contribution in [2.75, 3.05) is 0 Å². The average Bonchev–Trinajstić information content (AvgIpc) is 3.95. The third-order valence-electron chi connectivity index (χ3n) is 10.1. The van der Waals surface area contributed by atoms with Gasteiger partial charge in [-0.1, -0.05) is 133 Å². The number of H-pyrrole nitrogens is 2. The van der Waals surface area contributed by atoms with Crippen LogP contribution in [0.1, 0.15) is 0 Å². The molecule has 6 aromatic carbocycles. The summed E-state index contributed by atoms with van der Waals surface area (Å²) in [6, 6.07) is 42.6. The van der Waals surface area contributed by atoms with Gasteiger partial charge in [0, 0.05) is 54.9 Å². The van der Waals surface area contributed by atoms with Crippen LogP contribution >= 0.6 is 0 Å². The Bertz CT molecular complexity index is 2980. The summed E-state index contributed by atoms with van der Waals surface area (Å²) in [5.74, 6) is 1.29. The van der Waals surface area contributed by atoms with Crippen LogP contribution in [0, 0.1) is 0 Å². The maximum atomic E-state index is 11.9. The number of nitrogens with zero attached hydrogens (tertiary/aromatic N) is 6. The quantitative estimate of drug-likeness (QED) is 0.130. The third-order valence-corrected chi connectivity index (χ3v) is 10.1. The molecule has 0 aliphatic carbocycles. The van der Waals surface area contributed by atoms with Gasteiger partial charge < -0.3 is 20.2 Å². The summed E-state index contributed by atoms with van der Waals surface area (Å²) in [5.41, 5.74) is 7.41. The predicted molar refractivity (Wildman–Crippen MR) is 210 cm³/mol. The summed E-state index contributed by atoms with van der Waals surface area (Å²) in [6.45, 7) is 0.